The summed E-state index contributed by atoms with van der Waals surface area (Å²) in [7, 11) is -3.67. The van der Waals surface area contributed by atoms with Crippen molar-refractivity contribution in [3.63, 3.8) is 0 Å². The molecule has 1 aromatic carbocycles. The lowest BCUT2D eigenvalue weighted by atomic mass is 9.88. The van der Waals surface area contributed by atoms with Crippen molar-refractivity contribution in [1.29, 1.82) is 5.41 Å². The fourth-order valence-corrected chi connectivity index (χ4v) is 4.84. The van der Waals surface area contributed by atoms with Gasteiger partial charge in [-0.15, -0.1) is 0 Å². The van der Waals surface area contributed by atoms with Crippen molar-refractivity contribution >= 4 is 33.8 Å². The number of ether oxygens (including phenoxy) is 1. The van der Waals surface area contributed by atoms with E-state index < -0.39 is 45.9 Å². The van der Waals surface area contributed by atoms with Crippen LogP contribution in [0.25, 0.3) is 0 Å². The highest BCUT2D eigenvalue weighted by Gasteiger charge is 2.41. The minimum absolute atomic E-state index is 0.0250. The van der Waals surface area contributed by atoms with Gasteiger partial charge in [0, 0.05) is 6.54 Å². The minimum Gasteiger partial charge on any atom is -0.462 e. The number of likely N-dealkylation sites (tertiary alicyclic amines) is 1. The predicted octanol–water partition coefficient (Wildman–Crippen LogP) is 1.43. The Hall–Kier alpha value is -2.99. The molecule has 2 amide bonds. The van der Waals surface area contributed by atoms with Crippen molar-refractivity contribution in [1.82, 2.24) is 14.5 Å². The highest BCUT2D eigenvalue weighted by Crippen LogP contribution is 2.26. The topological polar surface area (TPSA) is 163 Å². The summed E-state index contributed by atoms with van der Waals surface area (Å²) < 4.78 is 31.3. The lowest BCUT2D eigenvalue weighted by Crippen LogP contribution is -2.56. The standard InChI is InChI=1S/C24H37N5O6S/c1-6-35-22(32)17-11-9-16(10-12-17)15-29(23(25)26)21(31)19-8-7-13-28(19)20(30)18(14-24(2,3)4)27-36(5,33)34/h9-12,18-19,27H,6-8,13-15H2,1-5H3,(H3,25,26). The van der Waals surface area contributed by atoms with Gasteiger partial charge in [0.2, 0.25) is 15.9 Å². The van der Waals surface area contributed by atoms with Crippen LogP contribution in [0.2, 0.25) is 0 Å². The first-order chi connectivity index (χ1) is 16.6. The molecule has 11 nitrogen and oxygen atoms in total. The summed E-state index contributed by atoms with van der Waals surface area (Å²) in [4.78, 5) is 41.2. The van der Waals surface area contributed by atoms with Gasteiger partial charge in [0.15, 0.2) is 5.96 Å². The summed E-state index contributed by atoms with van der Waals surface area (Å²) in [6, 6.07) is 4.52. The second-order valence-corrected chi connectivity index (χ2v) is 11.9. The number of carbonyl (C=O) groups is 3. The Labute approximate surface area is 212 Å². The number of nitrogens with zero attached hydrogens (tertiary/aromatic N) is 2. The van der Waals surface area contributed by atoms with Crippen molar-refractivity contribution in [2.45, 2.75) is 65.6 Å². The predicted molar refractivity (Wildman–Crippen MR) is 135 cm³/mol. The number of guanidine groups is 1. The molecule has 1 heterocycles. The molecule has 2 rings (SSSR count). The Morgan fingerprint density at radius 1 is 1.25 bits per heavy atom. The van der Waals surface area contributed by atoms with Crippen LogP contribution >= 0.6 is 0 Å². The summed E-state index contributed by atoms with van der Waals surface area (Å²) in [5.41, 5.74) is 6.38. The Morgan fingerprint density at radius 2 is 1.86 bits per heavy atom. The molecule has 4 N–H and O–H groups in total. The number of amides is 2. The average molecular weight is 524 g/mol. The van der Waals surface area contributed by atoms with E-state index in [0.717, 1.165) is 11.2 Å². The summed E-state index contributed by atoms with van der Waals surface area (Å²) in [5, 5.41) is 7.97. The third-order valence-electron chi connectivity index (χ3n) is 5.65. The normalized spacial score (nSPS) is 16.9. The molecule has 2 atom stereocenters. The van der Waals surface area contributed by atoms with Crippen LogP contribution in [0.4, 0.5) is 0 Å². The molecular formula is C24H37N5O6S. The average Bonchev–Trinajstić information content (AvgIpc) is 3.24. The number of benzene rings is 1. The van der Waals surface area contributed by atoms with Gasteiger partial charge in [-0.25, -0.2) is 17.9 Å². The largest absolute Gasteiger partial charge is 0.462 e. The number of hydrogen-bond acceptors (Lipinski definition) is 7. The monoisotopic (exact) mass is 523 g/mol. The first-order valence-corrected chi connectivity index (χ1v) is 13.7. The first kappa shape index (κ1) is 29.2. The number of nitrogens with one attached hydrogen (secondary N) is 2. The van der Waals surface area contributed by atoms with Gasteiger partial charge >= 0.3 is 5.97 Å². The van der Waals surface area contributed by atoms with Gasteiger partial charge < -0.3 is 15.4 Å². The highest BCUT2D eigenvalue weighted by atomic mass is 32.2. The van der Waals surface area contributed by atoms with E-state index in [-0.39, 0.29) is 25.0 Å². The molecule has 1 aliphatic heterocycles. The number of rotatable bonds is 9. The summed E-state index contributed by atoms with van der Waals surface area (Å²) in [5.74, 6) is -1.93. The molecule has 1 aliphatic rings. The highest BCUT2D eigenvalue weighted by molar-refractivity contribution is 7.88. The molecule has 0 aromatic heterocycles. The van der Waals surface area contributed by atoms with E-state index in [1.807, 2.05) is 20.8 Å². The third kappa shape index (κ3) is 8.30. The van der Waals surface area contributed by atoms with Crippen LogP contribution in [-0.4, -0.2) is 73.5 Å². The van der Waals surface area contributed by atoms with Crippen molar-refractivity contribution in [3.8, 4) is 0 Å². The van der Waals surface area contributed by atoms with Crippen LogP contribution in [0.5, 0.6) is 0 Å². The minimum atomic E-state index is -3.67. The number of sulfonamides is 1. The zero-order valence-electron chi connectivity index (χ0n) is 21.5. The van der Waals surface area contributed by atoms with Crippen molar-refractivity contribution in [2.75, 3.05) is 19.4 Å². The van der Waals surface area contributed by atoms with E-state index in [2.05, 4.69) is 4.72 Å². The SMILES string of the molecule is CCOC(=O)c1ccc(CN(C(=N)N)C(=O)C2CCCN2C(=O)C(CC(C)(C)C)NS(C)(=O)=O)cc1. The third-order valence-corrected chi connectivity index (χ3v) is 6.37. The molecule has 0 saturated carbocycles. The van der Waals surface area contributed by atoms with E-state index in [1.165, 1.54) is 4.90 Å². The van der Waals surface area contributed by atoms with Crippen LogP contribution in [0.3, 0.4) is 0 Å². The van der Waals surface area contributed by atoms with Crippen molar-refractivity contribution in [3.05, 3.63) is 35.4 Å². The Kier molecular flexibility index (Phi) is 9.61. The maximum absolute atomic E-state index is 13.5. The Morgan fingerprint density at radius 3 is 2.36 bits per heavy atom. The van der Waals surface area contributed by atoms with E-state index in [1.54, 1.807) is 31.2 Å². The van der Waals surface area contributed by atoms with Gasteiger partial charge in [-0.1, -0.05) is 32.9 Å². The fraction of sp³-hybridized carbons (Fsp3) is 0.583. The maximum atomic E-state index is 13.5. The van der Waals surface area contributed by atoms with Crippen LogP contribution in [0.1, 0.15) is 62.9 Å². The van der Waals surface area contributed by atoms with E-state index >= 15 is 0 Å². The molecule has 0 bridgehead atoms. The number of esters is 1. The molecule has 1 aromatic rings. The summed E-state index contributed by atoms with van der Waals surface area (Å²) in [6.45, 7) is 7.92. The van der Waals surface area contributed by atoms with Crippen molar-refractivity contribution in [2.24, 2.45) is 11.1 Å². The van der Waals surface area contributed by atoms with Crippen LogP contribution in [0.15, 0.2) is 24.3 Å². The molecule has 12 heteroatoms. The molecule has 1 saturated heterocycles. The van der Waals surface area contributed by atoms with Gasteiger partial charge in [0.25, 0.3) is 5.91 Å². The lowest BCUT2D eigenvalue weighted by Gasteiger charge is -2.33. The lowest BCUT2D eigenvalue weighted by molar-refractivity contribution is -0.143. The molecule has 200 valence electrons. The molecular weight excluding hydrogens is 486 g/mol. The Balaban J connectivity index is 2.24. The fourth-order valence-electron chi connectivity index (χ4n) is 4.14. The molecule has 0 radical (unpaired) electrons. The number of carbonyl (C=O) groups excluding carboxylic acids is 3. The van der Waals surface area contributed by atoms with Gasteiger partial charge in [0.05, 0.1) is 25.0 Å². The van der Waals surface area contributed by atoms with Crippen LogP contribution in [-0.2, 0) is 30.9 Å². The molecule has 2 unspecified atom stereocenters. The van der Waals surface area contributed by atoms with E-state index in [9.17, 15) is 22.8 Å². The molecule has 36 heavy (non-hydrogen) atoms. The summed E-state index contributed by atoms with van der Waals surface area (Å²) >= 11 is 0. The quantitative estimate of drug-likeness (QED) is 0.250. The second-order valence-electron chi connectivity index (χ2n) is 10.1. The second kappa shape index (κ2) is 11.8. The first-order valence-electron chi connectivity index (χ1n) is 11.8. The summed E-state index contributed by atoms with van der Waals surface area (Å²) in [6.07, 6.45) is 2.17. The van der Waals surface area contributed by atoms with Gasteiger partial charge in [-0.05, 0) is 49.3 Å². The molecule has 1 fully saturated rings. The van der Waals surface area contributed by atoms with E-state index in [0.29, 0.717) is 30.5 Å². The number of hydrogen-bond donors (Lipinski definition) is 3. The Bertz CT molecular complexity index is 1080. The number of nitrogens with two attached hydrogens (primary N) is 1. The van der Waals surface area contributed by atoms with Crippen LogP contribution < -0.4 is 10.5 Å². The van der Waals surface area contributed by atoms with Crippen molar-refractivity contribution < 1.29 is 27.5 Å². The van der Waals surface area contributed by atoms with Crippen LogP contribution in [0, 0.1) is 10.8 Å². The maximum Gasteiger partial charge on any atom is 0.338 e. The van der Waals surface area contributed by atoms with Gasteiger partial charge in [-0.2, -0.15) is 0 Å². The smallest absolute Gasteiger partial charge is 0.338 e. The van der Waals surface area contributed by atoms with E-state index in [4.69, 9.17) is 15.9 Å². The molecule has 0 spiro atoms. The van der Waals surface area contributed by atoms with Gasteiger partial charge in [0.1, 0.15) is 12.1 Å². The molecule has 0 aliphatic carbocycles. The van der Waals surface area contributed by atoms with Gasteiger partial charge in [-0.3, -0.25) is 19.9 Å². The zero-order chi connectivity index (χ0) is 27.3. The zero-order valence-corrected chi connectivity index (χ0v) is 22.4.